The maximum atomic E-state index is 6.44. The highest BCUT2D eigenvalue weighted by molar-refractivity contribution is 6.30. The van der Waals surface area contributed by atoms with Gasteiger partial charge in [-0.3, -0.25) is 0 Å². The van der Waals surface area contributed by atoms with Gasteiger partial charge in [0.15, 0.2) is 0 Å². The standard InChI is InChI=1S/C25H24ClN3O/c1-16-4-6-17(7-5-16)22-15-23-21-14-19(26)10-13-24(21)30-25(29(23)27-22)18-8-11-20(12-9-18)28(2)3/h4-14,23,25H,15H2,1-3H3/t23-,25-/m1/s1. The molecule has 0 spiro atoms. The van der Waals surface area contributed by atoms with Gasteiger partial charge in [-0.05, 0) is 42.8 Å². The first-order valence-corrected chi connectivity index (χ1v) is 10.5. The van der Waals surface area contributed by atoms with Crippen molar-refractivity contribution >= 4 is 23.0 Å². The number of aryl methyl sites for hydroxylation is 1. The third kappa shape index (κ3) is 3.31. The number of benzene rings is 3. The lowest BCUT2D eigenvalue weighted by molar-refractivity contribution is -0.0190. The summed E-state index contributed by atoms with van der Waals surface area (Å²) in [5.74, 6) is 0.877. The van der Waals surface area contributed by atoms with Crippen LogP contribution in [-0.4, -0.2) is 24.8 Å². The summed E-state index contributed by atoms with van der Waals surface area (Å²) in [6.07, 6.45) is 0.550. The zero-order chi connectivity index (χ0) is 20.8. The molecule has 0 saturated heterocycles. The minimum atomic E-state index is -0.275. The molecule has 0 bridgehead atoms. The second kappa shape index (κ2) is 7.37. The van der Waals surface area contributed by atoms with Gasteiger partial charge in [0, 0.05) is 42.4 Å². The Morgan fingerprint density at radius 3 is 2.43 bits per heavy atom. The van der Waals surface area contributed by atoms with Gasteiger partial charge in [-0.25, -0.2) is 5.01 Å². The van der Waals surface area contributed by atoms with E-state index >= 15 is 0 Å². The van der Waals surface area contributed by atoms with Crippen LogP contribution in [-0.2, 0) is 0 Å². The molecule has 0 unspecified atom stereocenters. The second-order valence-corrected chi connectivity index (χ2v) is 8.59. The van der Waals surface area contributed by atoms with Gasteiger partial charge in [0.2, 0.25) is 6.23 Å². The Kier molecular flexibility index (Phi) is 4.67. The van der Waals surface area contributed by atoms with Crippen molar-refractivity contribution in [2.24, 2.45) is 5.10 Å². The SMILES string of the molecule is Cc1ccc(C2=NN3[C@H](C2)c2cc(Cl)ccc2O[C@@H]3c2ccc(N(C)C)cc2)cc1. The van der Waals surface area contributed by atoms with Crippen molar-refractivity contribution in [1.29, 1.82) is 0 Å². The van der Waals surface area contributed by atoms with Crippen LogP contribution in [0.4, 0.5) is 5.69 Å². The van der Waals surface area contributed by atoms with Crippen molar-refractivity contribution in [2.75, 3.05) is 19.0 Å². The lowest BCUT2D eigenvalue weighted by atomic mass is 9.95. The van der Waals surface area contributed by atoms with Gasteiger partial charge in [-0.2, -0.15) is 5.10 Å². The first-order chi connectivity index (χ1) is 14.5. The molecule has 152 valence electrons. The number of hydrogen-bond acceptors (Lipinski definition) is 4. The number of hydrazone groups is 1. The largest absolute Gasteiger partial charge is 0.464 e. The van der Waals surface area contributed by atoms with Crippen LogP contribution in [0, 0.1) is 6.92 Å². The lowest BCUT2D eigenvalue weighted by Crippen LogP contribution is -2.33. The Morgan fingerprint density at radius 2 is 1.73 bits per heavy atom. The highest BCUT2D eigenvalue weighted by atomic mass is 35.5. The van der Waals surface area contributed by atoms with E-state index in [-0.39, 0.29) is 12.3 Å². The number of anilines is 1. The van der Waals surface area contributed by atoms with E-state index in [1.54, 1.807) is 0 Å². The van der Waals surface area contributed by atoms with Crippen molar-refractivity contribution in [3.63, 3.8) is 0 Å². The molecule has 0 aromatic heterocycles. The van der Waals surface area contributed by atoms with Crippen molar-refractivity contribution in [3.8, 4) is 5.75 Å². The highest BCUT2D eigenvalue weighted by Crippen LogP contribution is 2.48. The Hall–Kier alpha value is -2.98. The fourth-order valence-corrected chi connectivity index (χ4v) is 4.32. The fourth-order valence-electron chi connectivity index (χ4n) is 4.14. The highest BCUT2D eigenvalue weighted by Gasteiger charge is 2.41. The smallest absolute Gasteiger partial charge is 0.213 e. The molecule has 0 aliphatic carbocycles. The van der Waals surface area contributed by atoms with Crippen molar-refractivity contribution in [1.82, 2.24) is 5.01 Å². The number of ether oxygens (including phenoxy) is 1. The van der Waals surface area contributed by atoms with Crippen LogP contribution in [0.2, 0.25) is 5.02 Å². The first kappa shape index (κ1) is 19.0. The molecule has 3 aromatic carbocycles. The summed E-state index contributed by atoms with van der Waals surface area (Å²) >= 11 is 6.32. The monoisotopic (exact) mass is 417 g/mol. The molecule has 0 fully saturated rings. The summed E-state index contributed by atoms with van der Waals surface area (Å²) in [6.45, 7) is 2.10. The van der Waals surface area contributed by atoms with E-state index in [4.69, 9.17) is 21.4 Å². The van der Waals surface area contributed by atoms with Crippen LogP contribution in [0.3, 0.4) is 0 Å². The van der Waals surface area contributed by atoms with E-state index in [2.05, 4.69) is 65.4 Å². The van der Waals surface area contributed by atoms with Crippen LogP contribution in [0.25, 0.3) is 0 Å². The average Bonchev–Trinajstić information content (AvgIpc) is 3.19. The Bertz CT molecular complexity index is 1110. The van der Waals surface area contributed by atoms with Gasteiger partial charge in [0.25, 0.3) is 0 Å². The van der Waals surface area contributed by atoms with Gasteiger partial charge in [0.05, 0.1) is 11.8 Å². The molecule has 0 saturated carbocycles. The zero-order valence-electron chi connectivity index (χ0n) is 17.3. The van der Waals surface area contributed by atoms with E-state index in [1.165, 1.54) is 5.56 Å². The van der Waals surface area contributed by atoms with Crippen molar-refractivity contribution in [2.45, 2.75) is 25.6 Å². The van der Waals surface area contributed by atoms with Crippen LogP contribution in [0.15, 0.2) is 71.8 Å². The molecule has 30 heavy (non-hydrogen) atoms. The maximum Gasteiger partial charge on any atom is 0.213 e. The summed E-state index contributed by atoms with van der Waals surface area (Å²) in [5.41, 5.74) is 6.80. The average molecular weight is 418 g/mol. The normalized spacial score (nSPS) is 19.6. The van der Waals surface area contributed by atoms with Gasteiger partial charge in [-0.1, -0.05) is 53.6 Å². The zero-order valence-corrected chi connectivity index (χ0v) is 18.1. The molecular formula is C25H24ClN3O. The quantitative estimate of drug-likeness (QED) is 0.526. The molecule has 0 N–H and O–H groups in total. The predicted octanol–water partition coefficient (Wildman–Crippen LogP) is 5.96. The molecule has 5 heteroatoms. The van der Waals surface area contributed by atoms with E-state index in [1.807, 2.05) is 32.3 Å². The van der Waals surface area contributed by atoms with E-state index in [9.17, 15) is 0 Å². The Morgan fingerprint density at radius 1 is 1.00 bits per heavy atom. The van der Waals surface area contributed by atoms with Crippen LogP contribution >= 0.6 is 11.6 Å². The summed E-state index contributed by atoms with van der Waals surface area (Å²) in [5, 5.41) is 7.84. The minimum Gasteiger partial charge on any atom is -0.464 e. The van der Waals surface area contributed by atoms with Crippen molar-refractivity contribution in [3.05, 3.63) is 94.0 Å². The molecular weight excluding hydrogens is 394 g/mol. The molecule has 4 nitrogen and oxygen atoms in total. The number of rotatable bonds is 3. The number of hydrogen-bond donors (Lipinski definition) is 0. The fraction of sp³-hybridized carbons (Fsp3) is 0.240. The predicted molar refractivity (Wildman–Crippen MR) is 123 cm³/mol. The number of nitrogens with zero attached hydrogens (tertiary/aromatic N) is 3. The topological polar surface area (TPSA) is 28.1 Å². The molecule has 0 radical (unpaired) electrons. The lowest BCUT2D eigenvalue weighted by Gasteiger charge is -2.38. The first-order valence-electron chi connectivity index (χ1n) is 10.2. The van der Waals surface area contributed by atoms with Gasteiger partial charge in [-0.15, -0.1) is 0 Å². The molecule has 5 rings (SSSR count). The molecule has 0 amide bonds. The molecule has 2 heterocycles. The van der Waals surface area contributed by atoms with Crippen LogP contribution in [0.5, 0.6) is 5.75 Å². The second-order valence-electron chi connectivity index (χ2n) is 8.15. The van der Waals surface area contributed by atoms with E-state index in [0.29, 0.717) is 0 Å². The van der Waals surface area contributed by atoms with Gasteiger partial charge < -0.3 is 9.64 Å². The molecule has 2 aliphatic heterocycles. The van der Waals surface area contributed by atoms with E-state index < -0.39 is 0 Å². The van der Waals surface area contributed by atoms with Crippen LogP contribution in [0.1, 0.15) is 40.9 Å². The Balaban J connectivity index is 1.57. The summed E-state index contributed by atoms with van der Waals surface area (Å²) in [4.78, 5) is 2.09. The van der Waals surface area contributed by atoms with Gasteiger partial charge in [0.1, 0.15) is 5.75 Å². The summed E-state index contributed by atoms with van der Waals surface area (Å²) in [7, 11) is 4.08. The summed E-state index contributed by atoms with van der Waals surface area (Å²) < 4.78 is 6.44. The van der Waals surface area contributed by atoms with E-state index in [0.717, 1.165) is 45.3 Å². The number of fused-ring (bicyclic) bond motifs is 3. The molecule has 3 aromatic rings. The summed E-state index contributed by atoms with van der Waals surface area (Å²) in [6, 6.07) is 23.0. The van der Waals surface area contributed by atoms with Crippen molar-refractivity contribution < 1.29 is 4.74 Å². The minimum absolute atomic E-state index is 0.0993. The maximum absolute atomic E-state index is 6.44. The number of halogens is 1. The Labute approximate surface area is 182 Å². The molecule has 2 aliphatic rings. The van der Waals surface area contributed by atoms with Crippen LogP contribution < -0.4 is 9.64 Å². The third-order valence-electron chi connectivity index (χ3n) is 5.83. The third-order valence-corrected chi connectivity index (χ3v) is 6.07. The molecule has 2 atom stereocenters. The van der Waals surface area contributed by atoms with Gasteiger partial charge >= 0.3 is 0 Å².